The van der Waals surface area contributed by atoms with Gasteiger partial charge >= 0.3 is 0 Å². The lowest BCUT2D eigenvalue weighted by Gasteiger charge is -2.18. The molecule has 0 spiro atoms. The maximum Gasteiger partial charge on any atom is 0.125 e. The first kappa shape index (κ1) is 13.7. The number of hydrogen-bond donors (Lipinski definition) is 1. The molecule has 1 aliphatic heterocycles. The zero-order valence-electron chi connectivity index (χ0n) is 11.4. The highest BCUT2D eigenvalue weighted by atomic mass is 35.5. The summed E-state index contributed by atoms with van der Waals surface area (Å²) in [5.41, 5.74) is 2.54. The van der Waals surface area contributed by atoms with Crippen LogP contribution in [-0.2, 0) is 12.8 Å². The third-order valence-electron chi connectivity index (χ3n) is 3.64. The average Bonchev–Trinajstić information content (AvgIpc) is 2.76. The molecule has 1 aromatic carbocycles. The monoisotopic (exact) mass is 267 g/mol. The second-order valence-corrected chi connectivity index (χ2v) is 5.82. The van der Waals surface area contributed by atoms with Crippen LogP contribution in [0.2, 0.25) is 5.02 Å². The van der Waals surface area contributed by atoms with Gasteiger partial charge < -0.3 is 10.1 Å². The van der Waals surface area contributed by atoms with Gasteiger partial charge in [0.25, 0.3) is 0 Å². The quantitative estimate of drug-likeness (QED) is 0.882. The molecule has 18 heavy (non-hydrogen) atoms. The minimum Gasteiger partial charge on any atom is -0.493 e. The van der Waals surface area contributed by atoms with Crippen molar-refractivity contribution in [3.63, 3.8) is 0 Å². The predicted molar refractivity (Wildman–Crippen MR) is 76.7 cm³/mol. The number of nitrogens with one attached hydrogen (secondary N) is 1. The SMILES string of the molecule is CNC(C)CC(C)Cc1cc(Cl)cc2c1OCC2. The van der Waals surface area contributed by atoms with Crippen molar-refractivity contribution >= 4 is 11.6 Å². The van der Waals surface area contributed by atoms with E-state index in [1.807, 2.05) is 13.1 Å². The molecule has 2 atom stereocenters. The van der Waals surface area contributed by atoms with Gasteiger partial charge in [-0.25, -0.2) is 0 Å². The maximum atomic E-state index is 6.18. The van der Waals surface area contributed by atoms with E-state index in [2.05, 4.69) is 25.2 Å². The molecule has 2 nitrogen and oxygen atoms in total. The molecule has 0 bridgehead atoms. The van der Waals surface area contributed by atoms with Crippen molar-refractivity contribution in [2.45, 2.75) is 39.2 Å². The molecular weight excluding hydrogens is 246 g/mol. The Kier molecular flexibility index (Phi) is 4.52. The first-order valence-electron chi connectivity index (χ1n) is 6.71. The van der Waals surface area contributed by atoms with Gasteiger partial charge in [-0.15, -0.1) is 0 Å². The van der Waals surface area contributed by atoms with Gasteiger partial charge in [-0.1, -0.05) is 18.5 Å². The molecule has 1 N–H and O–H groups in total. The van der Waals surface area contributed by atoms with Crippen LogP contribution < -0.4 is 10.1 Å². The molecule has 0 radical (unpaired) electrons. The van der Waals surface area contributed by atoms with Crippen LogP contribution in [0, 0.1) is 5.92 Å². The van der Waals surface area contributed by atoms with Gasteiger partial charge in [0.15, 0.2) is 0 Å². The minimum atomic E-state index is 0.549. The highest BCUT2D eigenvalue weighted by Crippen LogP contribution is 2.34. The summed E-state index contributed by atoms with van der Waals surface area (Å²) in [4.78, 5) is 0. The Morgan fingerprint density at radius 1 is 1.39 bits per heavy atom. The van der Waals surface area contributed by atoms with Crippen molar-refractivity contribution in [2.24, 2.45) is 5.92 Å². The predicted octanol–water partition coefficient (Wildman–Crippen LogP) is 3.45. The van der Waals surface area contributed by atoms with Crippen molar-refractivity contribution in [1.82, 2.24) is 5.32 Å². The molecule has 2 unspecified atom stereocenters. The fraction of sp³-hybridized carbons (Fsp3) is 0.600. The van der Waals surface area contributed by atoms with Crippen LogP contribution in [-0.4, -0.2) is 19.7 Å². The summed E-state index contributed by atoms with van der Waals surface area (Å²) in [5.74, 6) is 1.71. The van der Waals surface area contributed by atoms with Crippen LogP contribution in [0.4, 0.5) is 0 Å². The zero-order valence-corrected chi connectivity index (χ0v) is 12.2. The summed E-state index contributed by atoms with van der Waals surface area (Å²) in [6, 6.07) is 4.65. The molecule has 0 fully saturated rings. The number of hydrogen-bond acceptors (Lipinski definition) is 2. The topological polar surface area (TPSA) is 21.3 Å². The molecule has 0 aliphatic carbocycles. The average molecular weight is 268 g/mol. The summed E-state index contributed by atoms with van der Waals surface area (Å²) >= 11 is 6.18. The van der Waals surface area contributed by atoms with E-state index in [0.29, 0.717) is 12.0 Å². The van der Waals surface area contributed by atoms with Crippen LogP contribution in [0.5, 0.6) is 5.75 Å². The minimum absolute atomic E-state index is 0.549. The molecule has 100 valence electrons. The van der Waals surface area contributed by atoms with E-state index in [1.165, 1.54) is 11.1 Å². The van der Waals surface area contributed by atoms with E-state index in [0.717, 1.165) is 36.6 Å². The Morgan fingerprint density at radius 3 is 2.89 bits per heavy atom. The van der Waals surface area contributed by atoms with Gasteiger partial charge in [-0.3, -0.25) is 0 Å². The van der Waals surface area contributed by atoms with Gasteiger partial charge in [0.1, 0.15) is 5.75 Å². The third-order valence-corrected chi connectivity index (χ3v) is 3.86. The smallest absolute Gasteiger partial charge is 0.125 e. The molecule has 2 rings (SSSR count). The first-order chi connectivity index (χ1) is 8.60. The fourth-order valence-corrected chi connectivity index (χ4v) is 2.94. The van der Waals surface area contributed by atoms with E-state index < -0.39 is 0 Å². The largest absolute Gasteiger partial charge is 0.493 e. The number of halogens is 1. The van der Waals surface area contributed by atoms with E-state index in [-0.39, 0.29) is 0 Å². The van der Waals surface area contributed by atoms with Crippen LogP contribution in [0.25, 0.3) is 0 Å². The van der Waals surface area contributed by atoms with Gasteiger partial charge in [0, 0.05) is 17.5 Å². The second kappa shape index (κ2) is 5.94. The van der Waals surface area contributed by atoms with Crippen molar-refractivity contribution in [1.29, 1.82) is 0 Å². The summed E-state index contributed by atoms with van der Waals surface area (Å²) in [6.07, 6.45) is 3.19. The Morgan fingerprint density at radius 2 is 2.17 bits per heavy atom. The van der Waals surface area contributed by atoms with Gasteiger partial charge in [-0.2, -0.15) is 0 Å². The summed E-state index contributed by atoms with van der Waals surface area (Å²) < 4.78 is 5.74. The molecule has 0 saturated carbocycles. The maximum absolute atomic E-state index is 6.18. The molecule has 0 saturated heterocycles. The highest BCUT2D eigenvalue weighted by molar-refractivity contribution is 6.30. The number of fused-ring (bicyclic) bond motifs is 1. The second-order valence-electron chi connectivity index (χ2n) is 5.39. The number of rotatable bonds is 5. The van der Waals surface area contributed by atoms with Crippen molar-refractivity contribution in [3.05, 3.63) is 28.3 Å². The third kappa shape index (κ3) is 3.18. The Hall–Kier alpha value is -0.730. The summed E-state index contributed by atoms with van der Waals surface area (Å²) in [5, 5.41) is 4.12. The first-order valence-corrected chi connectivity index (χ1v) is 7.09. The summed E-state index contributed by atoms with van der Waals surface area (Å²) in [6.45, 7) is 5.30. The zero-order chi connectivity index (χ0) is 13.1. The fourth-order valence-electron chi connectivity index (χ4n) is 2.68. The highest BCUT2D eigenvalue weighted by Gasteiger charge is 2.19. The molecule has 0 amide bonds. The van der Waals surface area contributed by atoms with Gasteiger partial charge in [0.2, 0.25) is 0 Å². The lowest BCUT2D eigenvalue weighted by molar-refractivity contribution is 0.349. The Labute approximate surface area is 115 Å². The van der Waals surface area contributed by atoms with E-state index in [9.17, 15) is 0 Å². The molecular formula is C15H22ClNO. The van der Waals surface area contributed by atoms with Crippen LogP contribution in [0.15, 0.2) is 12.1 Å². The molecule has 0 aromatic heterocycles. The lowest BCUT2D eigenvalue weighted by Crippen LogP contribution is -2.24. The van der Waals surface area contributed by atoms with E-state index in [1.54, 1.807) is 0 Å². The molecule has 3 heteroatoms. The Bertz CT molecular complexity index is 419. The van der Waals surface area contributed by atoms with Crippen molar-refractivity contribution < 1.29 is 4.74 Å². The number of ether oxygens (including phenoxy) is 1. The van der Waals surface area contributed by atoms with Crippen molar-refractivity contribution in [2.75, 3.05) is 13.7 Å². The molecule has 1 heterocycles. The van der Waals surface area contributed by atoms with Crippen LogP contribution >= 0.6 is 11.6 Å². The van der Waals surface area contributed by atoms with Crippen LogP contribution in [0.3, 0.4) is 0 Å². The summed E-state index contributed by atoms with van der Waals surface area (Å²) in [7, 11) is 2.01. The van der Waals surface area contributed by atoms with Crippen molar-refractivity contribution in [3.8, 4) is 5.75 Å². The van der Waals surface area contributed by atoms with Crippen LogP contribution in [0.1, 0.15) is 31.4 Å². The molecule has 1 aliphatic rings. The lowest BCUT2D eigenvalue weighted by atomic mass is 9.93. The Balaban J connectivity index is 2.09. The van der Waals surface area contributed by atoms with Gasteiger partial charge in [-0.05, 0) is 56.0 Å². The standard InChI is InChI=1S/C15H22ClNO/c1-10(6-11(2)17-3)7-13-9-14(16)8-12-4-5-18-15(12)13/h8-11,17H,4-7H2,1-3H3. The van der Waals surface area contributed by atoms with E-state index >= 15 is 0 Å². The normalized spacial score (nSPS) is 17.1. The van der Waals surface area contributed by atoms with Gasteiger partial charge in [0.05, 0.1) is 6.61 Å². The molecule has 1 aromatic rings. The number of benzene rings is 1. The van der Waals surface area contributed by atoms with E-state index in [4.69, 9.17) is 16.3 Å².